The predicted molar refractivity (Wildman–Crippen MR) is 63.6 cm³/mol. The van der Waals surface area contributed by atoms with Gasteiger partial charge in [0.25, 0.3) is 5.92 Å². The first-order chi connectivity index (χ1) is 7.60. The molecule has 1 aliphatic rings. The number of alkyl halides is 2. The number of nitrogens with one attached hydrogen (secondary N) is 1. The molecule has 1 saturated heterocycles. The Kier molecular flexibility index (Phi) is 3.60. The highest BCUT2D eigenvalue weighted by Gasteiger charge is 2.41. The van der Waals surface area contributed by atoms with Crippen LogP contribution in [0.5, 0.6) is 0 Å². The molecule has 1 aromatic carbocycles. The minimum absolute atomic E-state index is 0.127. The lowest BCUT2D eigenvalue weighted by molar-refractivity contribution is -0.0753. The van der Waals surface area contributed by atoms with Crippen LogP contribution >= 0.6 is 15.9 Å². The minimum Gasteiger partial charge on any atom is -0.317 e. The van der Waals surface area contributed by atoms with E-state index in [-0.39, 0.29) is 5.56 Å². The lowest BCUT2D eigenvalue weighted by atomic mass is 9.87. The Bertz CT molecular complexity index is 345. The smallest absolute Gasteiger partial charge is 0.276 e. The fraction of sp³-hybridized carbons (Fsp3) is 0.500. The Morgan fingerprint density at radius 3 is 2.25 bits per heavy atom. The molecule has 1 fully saturated rings. The van der Waals surface area contributed by atoms with Crippen LogP contribution in [0, 0.1) is 5.92 Å². The highest BCUT2D eigenvalue weighted by atomic mass is 79.9. The third kappa shape index (κ3) is 2.43. The van der Waals surface area contributed by atoms with Gasteiger partial charge in [-0.2, -0.15) is 0 Å². The molecule has 16 heavy (non-hydrogen) atoms. The van der Waals surface area contributed by atoms with E-state index < -0.39 is 11.8 Å². The van der Waals surface area contributed by atoms with Crippen molar-refractivity contribution in [2.45, 2.75) is 18.8 Å². The Labute approximate surface area is 102 Å². The van der Waals surface area contributed by atoms with Crippen molar-refractivity contribution in [3.05, 3.63) is 34.3 Å². The number of hydrogen-bond donors (Lipinski definition) is 1. The largest absolute Gasteiger partial charge is 0.317 e. The van der Waals surface area contributed by atoms with E-state index in [1.165, 1.54) is 12.1 Å². The topological polar surface area (TPSA) is 12.0 Å². The van der Waals surface area contributed by atoms with Crippen LogP contribution in [0.25, 0.3) is 0 Å². The van der Waals surface area contributed by atoms with Gasteiger partial charge in [-0.15, -0.1) is 0 Å². The molecule has 0 bridgehead atoms. The predicted octanol–water partition coefficient (Wildman–Crippen LogP) is 3.54. The van der Waals surface area contributed by atoms with Crippen molar-refractivity contribution >= 4 is 15.9 Å². The molecule has 2 rings (SSSR count). The molecule has 0 atom stereocenters. The SMILES string of the molecule is FC(F)(c1ccc(Br)cc1)C1CCNCC1. The first-order valence-electron chi connectivity index (χ1n) is 5.45. The molecule has 0 aliphatic carbocycles. The summed E-state index contributed by atoms with van der Waals surface area (Å²) in [4.78, 5) is 0. The molecule has 4 heteroatoms. The van der Waals surface area contributed by atoms with Crippen LogP contribution in [0.15, 0.2) is 28.7 Å². The summed E-state index contributed by atoms with van der Waals surface area (Å²) in [6.45, 7) is 1.38. The average molecular weight is 290 g/mol. The van der Waals surface area contributed by atoms with Gasteiger partial charge in [0.05, 0.1) is 0 Å². The number of hydrogen-bond acceptors (Lipinski definition) is 1. The second-order valence-corrected chi connectivity index (χ2v) is 5.07. The molecule has 1 heterocycles. The molecular formula is C12H14BrF2N. The van der Waals surface area contributed by atoms with Gasteiger partial charge in [0.1, 0.15) is 0 Å². The van der Waals surface area contributed by atoms with Crippen LogP contribution in [-0.2, 0) is 5.92 Å². The van der Waals surface area contributed by atoms with Gasteiger partial charge in [0.2, 0.25) is 0 Å². The summed E-state index contributed by atoms with van der Waals surface area (Å²) in [6, 6.07) is 6.35. The van der Waals surface area contributed by atoms with Crippen LogP contribution in [0.4, 0.5) is 8.78 Å². The fourth-order valence-corrected chi connectivity index (χ4v) is 2.36. The molecular weight excluding hydrogens is 276 g/mol. The van der Waals surface area contributed by atoms with E-state index in [2.05, 4.69) is 21.2 Å². The maximum atomic E-state index is 14.1. The zero-order valence-electron chi connectivity index (χ0n) is 8.85. The summed E-state index contributed by atoms with van der Waals surface area (Å²) in [5.74, 6) is -3.24. The van der Waals surface area contributed by atoms with E-state index >= 15 is 0 Å². The van der Waals surface area contributed by atoms with Crippen LogP contribution in [0.1, 0.15) is 18.4 Å². The number of rotatable bonds is 2. The van der Waals surface area contributed by atoms with Gasteiger partial charge in [-0.1, -0.05) is 28.1 Å². The second-order valence-electron chi connectivity index (χ2n) is 4.15. The van der Waals surface area contributed by atoms with E-state index in [9.17, 15) is 8.78 Å². The highest BCUT2D eigenvalue weighted by Crippen LogP contribution is 2.40. The first-order valence-corrected chi connectivity index (χ1v) is 6.24. The standard InChI is InChI=1S/C12H14BrF2N/c13-11-3-1-9(2-4-11)12(14,15)10-5-7-16-8-6-10/h1-4,10,16H,5-8H2. The Hall–Kier alpha value is -0.480. The van der Waals surface area contributed by atoms with Gasteiger partial charge in [0, 0.05) is 16.0 Å². The summed E-state index contributed by atoms with van der Waals surface area (Å²) >= 11 is 3.25. The number of benzene rings is 1. The van der Waals surface area contributed by atoms with Gasteiger partial charge in [-0.25, -0.2) is 8.78 Å². The van der Waals surface area contributed by atoms with Gasteiger partial charge in [-0.3, -0.25) is 0 Å². The van der Waals surface area contributed by atoms with E-state index in [0.717, 1.165) is 4.47 Å². The first kappa shape index (κ1) is 12.0. The Balaban J connectivity index is 2.19. The molecule has 88 valence electrons. The monoisotopic (exact) mass is 289 g/mol. The van der Waals surface area contributed by atoms with Crippen molar-refractivity contribution in [1.29, 1.82) is 0 Å². The molecule has 1 aromatic rings. The normalized spacial score (nSPS) is 18.7. The second kappa shape index (κ2) is 4.80. The van der Waals surface area contributed by atoms with Gasteiger partial charge in [-0.05, 0) is 38.1 Å². The number of piperidine rings is 1. The third-order valence-electron chi connectivity index (χ3n) is 3.08. The summed E-state index contributed by atoms with van der Waals surface area (Å²) in [6.07, 6.45) is 1.09. The van der Waals surface area contributed by atoms with Crippen molar-refractivity contribution in [3.8, 4) is 0 Å². The molecule has 1 N–H and O–H groups in total. The molecule has 1 nitrogen and oxygen atoms in total. The summed E-state index contributed by atoms with van der Waals surface area (Å²) in [7, 11) is 0. The third-order valence-corrected chi connectivity index (χ3v) is 3.61. The maximum Gasteiger partial charge on any atom is 0.276 e. The average Bonchev–Trinajstić information content (AvgIpc) is 2.31. The van der Waals surface area contributed by atoms with Gasteiger partial charge in [0.15, 0.2) is 0 Å². The minimum atomic E-state index is -2.71. The maximum absolute atomic E-state index is 14.1. The highest BCUT2D eigenvalue weighted by molar-refractivity contribution is 9.10. The summed E-state index contributed by atoms with van der Waals surface area (Å²) < 4.78 is 29.1. The lowest BCUT2D eigenvalue weighted by Crippen LogP contribution is -2.36. The van der Waals surface area contributed by atoms with Crippen LogP contribution < -0.4 is 5.32 Å². The van der Waals surface area contributed by atoms with E-state index in [0.29, 0.717) is 25.9 Å². The Morgan fingerprint density at radius 2 is 1.69 bits per heavy atom. The van der Waals surface area contributed by atoms with E-state index in [1.54, 1.807) is 12.1 Å². The van der Waals surface area contributed by atoms with Crippen molar-refractivity contribution < 1.29 is 8.78 Å². The van der Waals surface area contributed by atoms with E-state index in [1.807, 2.05) is 0 Å². The van der Waals surface area contributed by atoms with Crippen molar-refractivity contribution in [3.63, 3.8) is 0 Å². The summed E-state index contributed by atoms with van der Waals surface area (Å²) in [5, 5.41) is 3.11. The van der Waals surface area contributed by atoms with Crippen LogP contribution in [0.3, 0.4) is 0 Å². The van der Waals surface area contributed by atoms with Crippen molar-refractivity contribution in [1.82, 2.24) is 5.32 Å². The molecule has 0 unspecified atom stereocenters. The molecule has 1 aliphatic heterocycles. The van der Waals surface area contributed by atoms with Gasteiger partial charge < -0.3 is 5.32 Å². The summed E-state index contributed by atoms with van der Waals surface area (Å²) in [5.41, 5.74) is 0.127. The zero-order valence-corrected chi connectivity index (χ0v) is 10.4. The number of halogens is 3. The molecule has 0 spiro atoms. The molecule has 0 radical (unpaired) electrons. The van der Waals surface area contributed by atoms with Crippen LogP contribution in [0.2, 0.25) is 0 Å². The zero-order chi connectivity index (χ0) is 11.6. The van der Waals surface area contributed by atoms with Crippen molar-refractivity contribution in [2.75, 3.05) is 13.1 Å². The van der Waals surface area contributed by atoms with Crippen LogP contribution in [-0.4, -0.2) is 13.1 Å². The van der Waals surface area contributed by atoms with E-state index in [4.69, 9.17) is 0 Å². The van der Waals surface area contributed by atoms with Crippen molar-refractivity contribution in [2.24, 2.45) is 5.92 Å². The quantitative estimate of drug-likeness (QED) is 0.878. The molecule has 0 aromatic heterocycles. The molecule has 0 saturated carbocycles. The Morgan fingerprint density at radius 1 is 1.12 bits per heavy atom. The lowest BCUT2D eigenvalue weighted by Gasteiger charge is -2.30. The fourth-order valence-electron chi connectivity index (χ4n) is 2.09. The molecule has 0 amide bonds. The van der Waals surface area contributed by atoms with Gasteiger partial charge >= 0.3 is 0 Å².